The third kappa shape index (κ3) is 1.95. The molecule has 0 radical (unpaired) electrons. The number of aromatic carboxylic acids is 1. The number of aromatic nitrogens is 2. The van der Waals surface area contributed by atoms with Gasteiger partial charge in [0.1, 0.15) is 5.69 Å². The standard InChI is InChI=1S/C10H16N2O3/c1-5-12-7(9(14)15)11-6(8(12)13)10(2,3)4/h13H,5H2,1-4H3,(H,14,15). The van der Waals surface area contributed by atoms with Crippen LogP contribution in [-0.2, 0) is 12.0 Å². The number of hydrogen-bond donors (Lipinski definition) is 2. The molecule has 1 aromatic heterocycles. The van der Waals surface area contributed by atoms with Crippen LogP contribution >= 0.6 is 0 Å². The molecule has 0 saturated heterocycles. The molecule has 0 bridgehead atoms. The molecule has 2 N–H and O–H groups in total. The molecule has 0 amide bonds. The summed E-state index contributed by atoms with van der Waals surface area (Å²) in [7, 11) is 0. The molecule has 0 unspecified atom stereocenters. The van der Waals surface area contributed by atoms with Crippen LogP contribution in [0.4, 0.5) is 0 Å². The molecule has 5 nitrogen and oxygen atoms in total. The number of aromatic hydroxyl groups is 1. The Morgan fingerprint density at radius 2 is 2.00 bits per heavy atom. The van der Waals surface area contributed by atoms with Crippen LogP contribution in [0.1, 0.15) is 44.0 Å². The van der Waals surface area contributed by atoms with Gasteiger partial charge in [-0.15, -0.1) is 0 Å². The molecule has 1 aromatic rings. The van der Waals surface area contributed by atoms with E-state index in [1.807, 2.05) is 20.8 Å². The van der Waals surface area contributed by atoms with Crippen molar-refractivity contribution in [2.24, 2.45) is 0 Å². The molecule has 15 heavy (non-hydrogen) atoms. The summed E-state index contributed by atoms with van der Waals surface area (Å²) < 4.78 is 1.29. The molecule has 0 spiro atoms. The van der Waals surface area contributed by atoms with Crippen LogP contribution in [0.2, 0.25) is 0 Å². The molecule has 0 saturated carbocycles. The largest absolute Gasteiger partial charge is 0.493 e. The lowest BCUT2D eigenvalue weighted by Crippen LogP contribution is -2.12. The van der Waals surface area contributed by atoms with E-state index in [4.69, 9.17) is 5.11 Å². The molecule has 0 aromatic carbocycles. The smallest absolute Gasteiger partial charge is 0.372 e. The number of rotatable bonds is 2. The Balaban J connectivity index is 3.40. The Morgan fingerprint density at radius 3 is 2.27 bits per heavy atom. The van der Waals surface area contributed by atoms with E-state index < -0.39 is 5.97 Å². The van der Waals surface area contributed by atoms with Crippen molar-refractivity contribution in [3.63, 3.8) is 0 Å². The third-order valence-corrected chi connectivity index (χ3v) is 2.16. The first-order valence-corrected chi connectivity index (χ1v) is 4.82. The van der Waals surface area contributed by atoms with Crippen LogP contribution in [0.25, 0.3) is 0 Å². The predicted octanol–water partition coefficient (Wildman–Crippen LogP) is 1.60. The van der Waals surface area contributed by atoms with Gasteiger partial charge in [-0.25, -0.2) is 9.78 Å². The maximum Gasteiger partial charge on any atom is 0.372 e. The number of carboxylic acids is 1. The molecular weight excluding hydrogens is 196 g/mol. The highest BCUT2D eigenvalue weighted by atomic mass is 16.4. The Kier molecular flexibility index (Phi) is 2.75. The fourth-order valence-corrected chi connectivity index (χ4v) is 1.41. The Hall–Kier alpha value is -1.52. The predicted molar refractivity (Wildman–Crippen MR) is 55.2 cm³/mol. The molecule has 5 heteroatoms. The first-order valence-electron chi connectivity index (χ1n) is 4.82. The van der Waals surface area contributed by atoms with Crippen LogP contribution in [-0.4, -0.2) is 25.7 Å². The summed E-state index contributed by atoms with van der Waals surface area (Å²) in [4.78, 5) is 14.8. The summed E-state index contributed by atoms with van der Waals surface area (Å²) in [6.07, 6.45) is 0. The van der Waals surface area contributed by atoms with Gasteiger partial charge in [-0.1, -0.05) is 20.8 Å². The molecule has 0 aliphatic carbocycles. The molecule has 1 heterocycles. The minimum absolute atomic E-state index is 0.0533. The number of imidazole rings is 1. The Labute approximate surface area is 88.4 Å². The van der Waals surface area contributed by atoms with Crippen molar-refractivity contribution in [3.8, 4) is 5.88 Å². The van der Waals surface area contributed by atoms with Gasteiger partial charge in [0.15, 0.2) is 0 Å². The average molecular weight is 212 g/mol. The van der Waals surface area contributed by atoms with Crippen LogP contribution in [0.3, 0.4) is 0 Å². The van der Waals surface area contributed by atoms with Gasteiger partial charge in [-0.3, -0.25) is 4.57 Å². The minimum atomic E-state index is -1.12. The number of hydrogen-bond acceptors (Lipinski definition) is 3. The van der Waals surface area contributed by atoms with Crippen molar-refractivity contribution in [2.75, 3.05) is 0 Å². The van der Waals surface area contributed by atoms with Crippen molar-refractivity contribution in [2.45, 2.75) is 39.7 Å². The first-order chi connectivity index (χ1) is 6.79. The Bertz CT molecular complexity index is 388. The lowest BCUT2D eigenvalue weighted by molar-refractivity contribution is 0.0677. The highest BCUT2D eigenvalue weighted by molar-refractivity contribution is 5.84. The highest BCUT2D eigenvalue weighted by Crippen LogP contribution is 2.30. The third-order valence-electron chi connectivity index (χ3n) is 2.16. The molecule has 84 valence electrons. The van der Waals surface area contributed by atoms with Gasteiger partial charge in [-0.05, 0) is 6.92 Å². The lowest BCUT2D eigenvalue weighted by atomic mass is 9.92. The van der Waals surface area contributed by atoms with E-state index in [-0.39, 0.29) is 17.1 Å². The zero-order valence-corrected chi connectivity index (χ0v) is 9.40. The number of carboxylic acid groups (broad SMARTS) is 1. The van der Waals surface area contributed by atoms with E-state index in [2.05, 4.69) is 4.98 Å². The second kappa shape index (κ2) is 3.56. The maximum atomic E-state index is 10.9. The fraction of sp³-hybridized carbons (Fsp3) is 0.600. The van der Waals surface area contributed by atoms with Crippen LogP contribution in [0, 0.1) is 0 Å². The molecule has 0 aliphatic rings. The fourth-order valence-electron chi connectivity index (χ4n) is 1.41. The summed E-state index contributed by atoms with van der Waals surface area (Å²) in [5, 5.41) is 18.7. The normalized spacial score (nSPS) is 11.7. The molecule has 1 rings (SSSR count). The van der Waals surface area contributed by atoms with E-state index in [1.165, 1.54) is 4.57 Å². The van der Waals surface area contributed by atoms with Crippen molar-refractivity contribution in [1.29, 1.82) is 0 Å². The van der Waals surface area contributed by atoms with E-state index in [9.17, 15) is 9.90 Å². The monoisotopic (exact) mass is 212 g/mol. The van der Waals surface area contributed by atoms with Gasteiger partial charge in [0.05, 0.1) is 0 Å². The van der Waals surface area contributed by atoms with Crippen LogP contribution < -0.4 is 0 Å². The van der Waals surface area contributed by atoms with Gasteiger partial charge < -0.3 is 10.2 Å². The average Bonchev–Trinajstić information content (AvgIpc) is 2.41. The lowest BCUT2D eigenvalue weighted by Gasteiger charge is -2.15. The zero-order chi connectivity index (χ0) is 11.8. The summed E-state index contributed by atoms with van der Waals surface area (Å²) in [5.74, 6) is -1.29. The summed E-state index contributed by atoms with van der Waals surface area (Å²) in [6, 6.07) is 0. The highest BCUT2D eigenvalue weighted by Gasteiger charge is 2.27. The second-order valence-corrected chi connectivity index (χ2v) is 4.41. The van der Waals surface area contributed by atoms with E-state index in [1.54, 1.807) is 6.92 Å². The number of nitrogens with zero attached hydrogens (tertiary/aromatic N) is 2. The van der Waals surface area contributed by atoms with Gasteiger partial charge in [-0.2, -0.15) is 0 Å². The molecule has 0 aliphatic heterocycles. The summed E-state index contributed by atoms with van der Waals surface area (Å²) >= 11 is 0. The van der Waals surface area contributed by atoms with Crippen molar-refractivity contribution in [1.82, 2.24) is 9.55 Å². The maximum absolute atomic E-state index is 10.9. The molecule has 0 fully saturated rings. The van der Waals surface area contributed by atoms with Gasteiger partial charge >= 0.3 is 5.97 Å². The topological polar surface area (TPSA) is 75.4 Å². The van der Waals surface area contributed by atoms with Gasteiger partial charge in [0.2, 0.25) is 11.7 Å². The summed E-state index contributed by atoms with van der Waals surface area (Å²) in [6.45, 7) is 7.78. The second-order valence-electron chi connectivity index (χ2n) is 4.41. The number of carbonyl (C=O) groups is 1. The van der Waals surface area contributed by atoms with Gasteiger partial charge in [0, 0.05) is 12.0 Å². The molecular formula is C10H16N2O3. The van der Waals surface area contributed by atoms with Crippen molar-refractivity contribution in [3.05, 3.63) is 11.5 Å². The SMILES string of the molecule is CCn1c(C(=O)O)nc(C(C)(C)C)c1O. The van der Waals surface area contributed by atoms with Crippen LogP contribution in [0.5, 0.6) is 5.88 Å². The molecule has 0 atom stereocenters. The quantitative estimate of drug-likeness (QED) is 0.780. The van der Waals surface area contributed by atoms with Gasteiger partial charge in [0.25, 0.3) is 0 Å². The van der Waals surface area contributed by atoms with E-state index in [0.717, 1.165) is 0 Å². The van der Waals surface area contributed by atoms with Crippen molar-refractivity contribution >= 4 is 5.97 Å². The first kappa shape index (κ1) is 11.6. The summed E-state index contributed by atoms with van der Waals surface area (Å²) in [5.41, 5.74) is 0.0519. The zero-order valence-electron chi connectivity index (χ0n) is 9.40. The minimum Gasteiger partial charge on any atom is -0.493 e. The van der Waals surface area contributed by atoms with Crippen LogP contribution in [0.15, 0.2) is 0 Å². The Morgan fingerprint density at radius 1 is 1.47 bits per heavy atom. The van der Waals surface area contributed by atoms with E-state index in [0.29, 0.717) is 12.2 Å². The van der Waals surface area contributed by atoms with E-state index >= 15 is 0 Å². The van der Waals surface area contributed by atoms with Crippen molar-refractivity contribution < 1.29 is 15.0 Å².